The molecule has 1 aliphatic rings. The van der Waals surface area contributed by atoms with Crippen LogP contribution in [0.3, 0.4) is 0 Å². The molecule has 1 heterocycles. The van der Waals surface area contributed by atoms with Crippen LogP contribution in [0.4, 0.5) is 10.2 Å². The number of anilines is 1. The number of nitrogen functional groups attached to an aromatic ring is 1. The molecule has 0 aliphatic heterocycles. The molecule has 1 aromatic heterocycles. The zero-order chi connectivity index (χ0) is 19.0. The molecule has 0 saturated heterocycles. The van der Waals surface area contributed by atoms with E-state index in [9.17, 15) is 23.6 Å². The molecule has 8 nitrogen and oxygen atoms in total. The second-order valence-electron chi connectivity index (χ2n) is 6.08. The SMILES string of the molecule is Cc1ccc(C(=O)OCC(=O)c2c(N)n(C3CC3)c(=O)[nH]c2=O)cc1F. The number of aromatic amines is 1. The molecule has 1 fully saturated rings. The highest BCUT2D eigenvalue weighted by atomic mass is 19.1. The molecule has 1 saturated carbocycles. The first-order chi connectivity index (χ1) is 12.3. The van der Waals surface area contributed by atoms with Gasteiger partial charge < -0.3 is 10.5 Å². The van der Waals surface area contributed by atoms with E-state index in [0.717, 1.165) is 23.5 Å². The molecule has 1 aliphatic carbocycles. The lowest BCUT2D eigenvalue weighted by molar-refractivity contribution is 0.0474. The lowest BCUT2D eigenvalue weighted by atomic mass is 10.1. The van der Waals surface area contributed by atoms with Crippen LogP contribution in [0.25, 0.3) is 0 Å². The topological polar surface area (TPSA) is 124 Å². The Morgan fingerprint density at radius 2 is 2.04 bits per heavy atom. The Bertz CT molecular complexity index is 1020. The van der Waals surface area contributed by atoms with Gasteiger partial charge in [-0.15, -0.1) is 0 Å². The fraction of sp³-hybridized carbons (Fsp3) is 0.294. The van der Waals surface area contributed by atoms with Crippen molar-refractivity contribution in [2.45, 2.75) is 25.8 Å². The Hall–Kier alpha value is -3.23. The van der Waals surface area contributed by atoms with Crippen molar-refractivity contribution in [1.82, 2.24) is 9.55 Å². The van der Waals surface area contributed by atoms with Gasteiger partial charge in [0.25, 0.3) is 5.56 Å². The number of nitrogens with one attached hydrogen (secondary N) is 1. The number of aromatic nitrogens is 2. The summed E-state index contributed by atoms with van der Waals surface area (Å²) < 4.78 is 19.5. The maximum absolute atomic E-state index is 13.5. The van der Waals surface area contributed by atoms with Crippen LogP contribution in [0.2, 0.25) is 0 Å². The summed E-state index contributed by atoms with van der Waals surface area (Å²) in [5.41, 5.74) is 4.06. The first-order valence-electron chi connectivity index (χ1n) is 7.90. The molecule has 136 valence electrons. The van der Waals surface area contributed by atoms with Crippen LogP contribution in [0, 0.1) is 12.7 Å². The summed E-state index contributed by atoms with van der Waals surface area (Å²) in [7, 11) is 0. The van der Waals surface area contributed by atoms with Gasteiger partial charge in [0.1, 0.15) is 17.2 Å². The van der Waals surface area contributed by atoms with Crippen LogP contribution in [0.5, 0.6) is 0 Å². The molecule has 0 bridgehead atoms. The van der Waals surface area contributed by atoms with Gasteiger partial charge in [-0.1, -0.05) is 6.07 Å². The van der Waals surface area contributed by atoms with Crippen LogP contribution in [-0.2, 0) is 4.74 Å². The van der Waals surface area contributed by atoms with Gasteiger partial charge in [-0.05, 0) is 37.5 Å². The van der Waals surface area contributed by atoms with Crippen molar-refractivity contribution < 1.29 is 18.7 Å². The maximum Gasteiger partial charge on any atom is 0.338 e. The van der Waals surface area contributed by atoms with Gasteiger partial charge in [-0.3, -0.25) is 19.1 Å². The van der Waals surface area contributed by atoms with Crippen molar-refractivity contribution in [3.8, 4) is 0 Å². The number of esters is 1. The number of hydrogen-bond acceptors (Lipinski definition) is 6. The number of Topliss-reactive ketones (excluding diaryl/α,β-unsaturated/α-hetero) is 1. The number of benzene rings is 1. The van der Waals surface area contributed by atoms with Gasteiger partial charge in [0.15, 0.2) is 6.61 Å². The fourth-order valence-corrected chi connectivity index (χ4v) is 2.54. The monoisotopic (exact) mass is 361 g/mol. The molecule has 1 aromatic carbocycles. The van der Waals surface area contributed by atoms with Gasteiger partial charge >= 0.3 is 11.7 Å². The summed E-state index contributed by atoms with van der Waals surface area (Å²) in [5.74, 6) is -2.59. The highest BCUT2D eigenvalue weighted by Gasteiger charge is 2.30. The Morgan fingerprint density at radius 1 is 1.35 bits per heavy atom. The predicted octanol–water partition coefficient (Wildman–Crippen LogP) is 0.941. The van der Waals surface area contributed by atoms with Crippen molar-refractivity contribution in [3.05, 3.63) is 61.5 Å². The van der Waals surface area contributed by atoms with Crippen molar-refractivity contribution in [2.75, 3.05) is 12.3 Å². The van der Waals surface area contributed by atoms with E-state index in [2.05, 4.69) is 0 Å². The van der Waals surface area contributed by atoms with Gasteiger partial charge in [0.05, 0.1) is 5.56 Å². The third-order valence-corrected chi connectivity index (χ3v) is 4.11. The Morgan fingerprint density at radius 3 is 2.65 bits per heavy atom. The zero-order valence-electron chi connectivity index (χ0n) is 13.9. The molecule has 0 unspecified atom stereocenters. The number of carbonyl (C=O) groups excluding carboxylic acids is 2. The van der Waals surface area contributed by atoms with Crippen LogP contribution in [0.1, 0.15) is 45.2 Å². The first kappa shape index (κ1) is 17.6. The number of carbonyl (C=O) groups is 2. The number of ether oxygens (including phenoxy) is 1. The van der Waals surface area contributed by atoms with E-state index in [1.165, 1.54) is 19.1 Å². The minimum atomic E-state index is -0.938. The Labute approximate surface area is 146 Å². The molecule has 3 N–H and O–H groups in total. The average molecular weight is 361 g/mol. The number of aryl methyl sites for hydroxylation is 1. The normalized spacial score (nSPS) is 13.5. The maximum atomic E-state index is 13.5. The van der Waals surface area contributed by atoms with E-state index in [0.29, 0.717) is 5.56 Å². The zero-order valence-corrected chi connectivity index (χ0v) is 13.9. The standard InChI is InChI=1S/C17H16FN3O5/c1-8-2-3-9(6-11(8)18)16(24)26-7-12(22)13-14(19)21(10-4-5-10)17(25)20-15(13)23/h2-3,6,10H,4-5,7,19H2,1H3,(H,20,23,25). The molecule has 26 heavy (non-hydrogen) atoms. The molecule has 0 radical (unpaired) electrons. The largest absolute Gasteiger partial charge is 0.454 e. The predicted molar refractivity (Wildman–Crippen MR) is 89.8 cm³/mol. The molecular formula is C17H16FN3O5. The van der Waals surface area contributed by atoms with Crippen molar-refractivity contribution in [2.24, 2.45) is 0 Å². The quantitative estimate of drug-likeness (QED) is 0.603. The molecule has 2 aromatic rings. The summed E-state index contributed by atoms with van der Waals surface area (Å²) in [5, 5.41) is 0. The van der Waals surface area contributed by atoms with Gasteiger partial charge in [-0.25, -0.2) is 14.0 Å². The molecule has 0 atom stereocenters. The summed E-state index contributed by atoms with van der Waals surface area (Å²) >= 11 is 0. The molecular weight excluding hydrogens is 345 g/mol. The highest BCUT2D eigenvalue weighted by molar-refractivity contribution is 6.02. The van der Waals surface area contributed by atoms with Crippen LogP contribution in [-0.4, -0.2) is 27.9 Å². The fourth-order valence-electron chi connectivity index (χ4n) is 2.54. The number of nitrogens with zero attached hydrogens (tertiary/aromatic N) is 1. The molecule has 3 rings (SSSR count). The van der Waals surface area contributed by atoms with Crippen LogP contribution in [0.15, 0.2) is 27.8 Å². The van der Waals surface area contributed by atoms with E-state index in [4.69, 9.17) is 10.5 Å². The first-order valence-corrected chi connectivity index (χ1v) is 7.90. The second kappa shape index (κ2) is 6.58. The number of hydrogen-bond donors (Lipinski definition) is 2. The third kappa shape index (κ3) is 3.28. The Balaban J connectivity index is 1.79. The summed E-state index contributed by atoms with van der Waals surface area (Å²) in [6.45, 7) is 0.780. The van der Waals surface area contributed by atoms with Gasteiger partial charge in [0, 0.05) is 6.04 Å². The number of rotatable bonds is 5. The van der Waals surface area contributed by atoms with Gasteiger partial charge in [0.2, 0.25) is 5.78 Å². The van der Waals surface area contributed by atoms with Gasteiger partial charge in [-0.2, -0.15) is 0 Å². The van der Waals surface area contributed by atoms with E-state index in [1.54, 1.807) is 0 Å². The smallest absolute Gasteiger partial charge is 0.338 e. The van der Waals surface area contributed by atoms with Crippen molar-refractivity contribution >= 4 is 17.6 Å². The van der Waals surface area contributed by atoms with E-state index >= 15 is 0 Å². The third-order valence-electron chi connectivity index (χ3n) is 4.11. The lowest BCUT2D eigenvalue weighted by Crippen LogP contribution is -2.36. The average Bonchev–Trinajstić information content (AvgIpc) is 3.39. The second-order valence-corrected chi connectivity index (χ2v) is 6.08. The summed E-state index contributed by atoms with van der Waals surface area (Å²) in [6, 6.07) is 3.61. The number of nitrogens with two attached hydrogens (primary N) is 1. The molecule has 0 spiro atoms. The minimum Gasteiger partial charge on any atom is -0.454 e. The van der Waals surface area contributed by atoms with E-state index in [1.807, 2.05) is 4.98 Å². The number of ketones is 1. The van der Waals surface area contributed by atoms with Crippen molar-refractivity contribution in [1.29, 1.82) is 0 Å². The summed E-state index contributed by atoms with van der Waals surface area (Å²) in [6.07, 6.45) is 1.44. The lowest BCUT2D eigenvalue weighted by Gasteiger charge is -2.11. The molecule has 0 amide bonds. The Kier molecular flexibility index (Phi) is 4.45. The minimum absolute atomic E-state index is 0.0641. The number of halogens is 1. The highest BCUT2D eigenvalue weighted by Crippen LogP contribution is 2.35. The van der Waals surface area contributed by atoms with Crippen LogP contribution >= 0.6 is 0 Å². The van der Waals surface area contributed by atoms with Crippen LogP contribution < -0.4 is 17.0 Å². The summed E-state index contributed by atoms with van der Waals surface area (Å²) in [4.78, 5) is 50.0. The molecule has 9 heteroatoms. The van der Waals surface area contributed by atoms with E-state index in [-0.39, 0.29) is 17.4 Å². The van der Waals surface area contributed by atoms with Crippen molar-refractivity contribution in [3.63, 3.8) is 0 Å². The van der Waals surface area contributed by atoms with E-state index < -0.39 is 41.0 Å². The number of H-pyrrole nitrogens is 1.